The highest BCUT2D eigenvalue weighted by atomic mass is 16.5. The Hall–Kier alpha value is -1.81. The SMILES string of the molecule is Cc1nn(C)cc1CNCc1ccc2c(c1)CCO2. The van der Waals surface area contributed by atoms with Gasteiger partial charge in [0.05, 0.1) is 12.3 Å². The van der Waals surface area contributed by atoms with Crippen molar-refractivity contribution in [1.82, 2.24) is 15.1 Å². The minimum Gasteiger partial charge on any atom is -0.493 e. The van der Waals surface area contributed by atoms with Gasteiger partial charge in [0.15, 0.2) is 0 Å². The summed E-state index contributed by atoms with van der Waals surface area (Å²) in [6.45, 7) is 4.60. The van der Waals surface area contributed by atoms with Gasteiger partial charge in [-0.25, -0.2) is 0 Å². The summed E-state index contributed by atoms with van der Waals surface area (Å²) in [5.74, 6) is 1.05. The van der Waals surface area contributed by atoms with Crippen molar-refractivity contribution in [2.24, 2.45) is 7.05 Å². The largest absolute Gasteiger partial charge is 0.493 e. The minimum absolute atomic E-state index is 0.821. The average Bonchev–Trinajstić information content (AvgIpc) is 2.96. The van der Waals surface area contributed by atoms with Crippen molar-refractivity contribution in [3.63, 3.8) is 0 Å². The van der Waals surface area contributed by atoms with Crippen molar-refractivity contribution in [3.05, 3.63) is 46.8 Å². The molecule has 0 atom stereocenters. The lowest BCUT2D eigenvalue weighted by Gasteiger charge is -2.06. The molecule has 1 aliphatic heterocycles. The zero-order valence-electron chi connectivity index (χ0n) is 11.4. The molecule has 0 radical (unpaired) electrons. The fourth-order valence-electron chi connectivity index (χ4n) is 2.51. The van der Waals surface area contributed by atoms with Crippen LogP contribution in [0.3, 0.4) is 0 Å². The zero-order chi connectivity index (χ0) is 13.2. The Kier molecular flexibility index (Phi) is 3.25. The van der Waals surface area contributed by atoms with Gasteiger partial charge >= 0.3 is 0 Å². The molecule has 1 N–H and O–H groups in total. The van der Waals surface area contributed by atoms with E-state index < -0.39 is 0 Å². The number of benzene rings is 1. The Morgan fingerprint density at radius 1 is 1.37 bits per heavy atom. The van der Waals surface area contributed by atoms with E-state index in [0.717, 1.165) is 37.6 Å². The predicted molar refractivity (Wildman–Crippen MR) is 74.1 cm³/mol. The Labute approximate surface area is 113 Å². The number of fused-ring (bicyclic) bond motifs is 1. The maximum absolute atomic E-state index is 5.51. The zero-order valence-corrected chi connectivity index (χ0v) is 11.4. The monoisotopic (exact) mass is 257 g/mol. The lowest BCUT2D eigenvalue weighted by atomic mass is 10.1. The number of rotatable bonds is 4. The molecule has 0 saturated heterocycles. The number of aromatic nitrogens is 2. The maximum Gasteiger partial charge on any atom is 0.122 e. The quantitative estimate of drug-likeness (QED) is 0.910. The molecule has 100 valence electrons. The molecule has 0 bridgehead atoms. The van der Waals surface area contributed by atoms with E-state index in [-0.39, 0.29) is 0 Å². The van der Waals surface area contributed by atoms with E-state index in [4.69, 9.17) is 4.74 Å². The molecule has 0 amide bonds. The van der Waals surface area contributed by atoms with Crippen molar-refractivity contribution in [2.75, 3.05) is 6.61 Å². The van der Waals surface area contributed by atoms with Crippen LogP contribution in [-0.4, -0.2) is 16.4 Å². The molecule has 4 nitrogen and oxygen atoms in total. The summed E-state index contributed by atoms with van der Waals surface area (Å²) in [4.78, 5) is 0. The third kappa shape index (κ3) is 2.63. The number of nitrogens with one attached hydrogen (secondary N) is 1. The third-order valence-electron chi connectivity index (χ3n) is 3.51. The average molecular weight is 257 g/mol. The molecule has 1 aromatic heterocycles. The first-order valence-corrected chi connectivity index (χ1v) is 6.67. The Bertz CT molecular complexity index is 589. The summed E-state index contributed by atoms with van der Waals surface area (Å²) in [5.41, 5.74) is 4.99. The number of hydrogen-bond donors (Lipinski definition) is 1. The van der Waals surface area contributed by atoms with Crippen LogP contribution in [0.4, 0.5) is 0 Å². The molecule has 4 heteroatoms. The molecule has 1 aliphatic rings. The molecule has 3 rings (SSSR count). The summed E-state index contributed by atoms with van der Waals surface area (Å²) in [6, 6.07) is 6.45. The molecule has 0 aliphatic carbocycles. The van der Waals surface area contributed by atoms with Gasteiger partial charge in [-0.05, 0) is 24.1 Å². The summed E-state index contributed by atoms with van der Waals surface area (Å²) in [7, 11) is 1.96. The van der Waals surface area contributed by atoms with Crippen LogP contribution in [0.1, 0.15) is 22.4 Å². The summed E-state index contributed by atoms with van der Waals surface area (Å²) in [5, 5.41) is 7.81. The molecule has 2 heterocycles. The van der Waals surface area contributed by atoms with Crippen molar-refractivity contribution >= 4 is 0 Å². The molecule has 1 aromatic carbocycles. The highest BCUT2D eigenvalue weighted by molar-refractivity contribution is 5.39. The lowest BCUT2D eigenvalue weighted by molar-refractivity contribution is 0.357. The van der Waals surface area contributed by atoms with Crippen molar-refractivity contribution in [2.45, 2.75) is 26.4 Å². The molecule has 0 spiro atoms. The maximum atomic E-state index is 5.51. The topological polar surface area (TPSA) is 39.1 Å². The second-order valence-electron chi connectivity index (χ2n) is 5.06. The van der Waals surface area contributed by atoms with E-state index in [1.165, 1.54) is 16.7 Å². The highest BCUT2D eigenvalue weighted by Gasteiger charge is 2.11. The van der Waals surface area contributed by atoms with Gasteiger partial charge in [-0.3, -0.25) is 4.68 Å². The van der Waals surface area contributed by atoms with Crippen molar-refractivity contribution in [1.29, 1.82) is 0 Å². The summed E-state index contributed by atoms with van der Waals surface area (Å²) >= 11 is 0. The molecule has 0 fully saturated rings. The van der Waals surface area contributed by atoms with Crippen LogP contribution in [0.15, 0.2) is 24.4 Å². The minimum atomic E-state index is 0.821. The van der Waals surface area contributed by atoms with E-state index in [1.807, 2.05) is 18.7 Å². The van der Waals surface area contributed by atoms with Gasteiger partial charge in [-0.2, -0.15) is 5.10 Å². The Morgan fingerprint density at radius 2 is 2.26 bits per heavy atom. The molecule has 0 saturated carbocycles. The first kappa shape index (κ1) is 12.2. The summed E-state index contributed by atoms with van der Waals surface area (Å²) < 4.78 is 7.37. The van der Waals surface area contributed by atoms with Gasteiger partial charge in [0.1, 0.15) is 5.75 Å². The van der Waals surface area contributed by atoms with Gasteiger partial charge < -0.3 is 10.1 Å². The van der Waals surface area contributed by atoms with Crippen LogP contribution >= 0.6 is 0 Å². The first-order chi connectivity index (χ1) is 9.22. The fraction of sp³-hybridized carbons (Fsp3) is 0.400. The van der Waals surface area contributed by atoms with Gasteiger partial charge in [0.25, 0.3) is 0 Å². The molecular formula is C15H19N3O. The Morgan fingerprint density at radius 3 is 3.05 bits per heavy atom. The molecule has 19 heavy (non-hydrogen) atoms. The van der Waals surface area contributed by atoms with E-state index in [1.54, 1.807) is 0 Å². The van der Waals surface area contributed by atoms with Crippen LogP contribution in [0.25, 0.3) is 0 Å². The van der Waals surface area contributed by atoms with Crippen LogP contribution in [0.2, 0.25) is 0 Å². The predicted octanol–water partition coefficient (Wildman–Crippen LogP) is 1.95. The highest BCUT2D eigenvalue weighted by Crippen LogP contribution is 2.25. The normalized spacial score (nSPS) is 13.4. The van der Waals surface area contributed by atoms with Crippen LogP contribution in [0.5, 0.6) is 5.75 Å². The first-order valence-electron chi connectivity index (χ1n) is 6.67. The second kappa shape index (κ2) is 5.05. The van der Waals surface area contributed by atoms with E-state index >= 15 is 0 Å². The smallest absolute Gasteiger partial charge is 0.122 e. The van der Waals surface area contributed by atoms with Gasteiger partial charge in [-0.1, -0.05) is 12.1 Å². The number of nitrogens with zero attached hydrogens (tertiary/aromatic N) is 2. The fourth-order valence-corrected chi connectivity index (χ4v) is 2.51. The van der Waals surface area contributed by atoms with Gasteiger partial charge in [-0.15, -0.1) is 0 Å². The van der Waals surface area contributed by atoms with E-state index in [9.17, 15) is 0 Å². The van der Waals surface area contributed by atoms with Gasteiger partial charge in [0.2, 0.25) is 0 Å². The second-order valence-corrected chi connectivity index (χ2v) is 5.06. The van der Waals surface area contributed by atoms with Gasteiger partial charge in [0, 0.05) is 38.3 Å². The van der Waals surface area contributed by atoms with E-state index in [0.29, 0.717) is 0 Å². The van der Waals surface area contributed by atoms with Crippen LogP contribution in [0, 0.1) is 6.92 Å². The van der Waals surface area contributed by atoms with Crippen molar-refractivity contribution in [3.8, 4) is 5.75 Å². The number of ether oxygens (including phenoxy) is 1. The van der Waals surface area contributed by atoms with Crippen molar-refractivity contribution < 1.29 is 4.74 Å². The lowest BCUT2D eigenvalue weighted by Crippen LogP contribution is -2.13. The molecule has 0 unspecified atom stereocenters. The standard InChI is InChI=1S/C15H19N3O/c1-11-14(10-18(2)17-11)9-16-8-12-3-4-15-13(7-12)5-6-19-15/h3-4,7,10,16H,5-6,8-9H2,1-2H3. The number of hydrogen-bond acceptors (Lipinski definition) is 3. The van der Waals surface area contributed by atoms with Crippen LogP contribution in [-0.2, 0) is 26.6 Å². The van der Waals surface area contributed by atoms with E-state index in [2.05, 4.69) is 34.8 Å². The number of aryl methyl sites for hydroxylation is 2. The Balaban J connectivity index is 1.59. The molecular weight excluding hydrogens is 238 g/mol. The molecule has 2 aromatic rings. The third-order valence-corrected chi connectivity index (χ3v) is 3.51. The van der Waals surface area contributed by atoms with Crippen LogP contribution < -0.4 is 10.1 Å². The summed E-state index contributed by atoms with van der Waals surface area (Å²) in [6.07, 6.45) is 3.10.